The minimum atomic E-state index is -0.0577. The second-order valence-corrected chi connectivity index (χ2v) is 18.6. The Morgan fingerprint density at radius 3 is 1.88 bits per heavy atom. The van der Waals surface area contributed by atoms with Gasteiger partial charge in [-0.05, 0) is 22.3 Å². The van der Waals surface area contributed by atoms with Gasteiger partial charge >= 0.3 is 237 Å². The monoisotopic (exact) mass is 801 g/mol. The molecule has 0 amide bonds. The predicted molar refractivity (Wildman–Crippen MR) is 247 cm³/mol. The smallest absolute Gasteiger partial charge is 0.0158 e. The second-order valence-electron chi connectivity index (χ2n) is 16.3. The molecule has 0 fully saturated rings. The summed E-state index contributed by atoms with van der Waals surface area (Å²) in [4.78, 5) is 0. The SMILES string of the molecule is C=C/C=C\C(=C/n1c2ccccc2c2cc3c(cc21)C(C)(C)c1ccccc1[Se]3)c1cc(C)cc(-c2ccccc2)c1.CC1(C)c2ccccc2-c2ccccc21. The van der Waals surface area contributed by atoms with Crippen molar-refractivity contribution in [3.8, 4) is 22.3 Å². The molecule has 278 valence electrons. The largest absolute Gasteiger partial charge is 0.0619 e. The summed E-state index contributed by atoms with van der Waals surface area (Å²) in [5.41, 5.74) is 17.2. The third kappa shape index (κ3) is 6.44. The van der Waals surface area contributed by atoms with Crippen LogP contribution in [0.1, 0.15) is 61.1 Å². The molecule has 0 saturated carbocycles. The van der Waals surface area contributed by atoms with Crippen LogP contribution in [0.3, 0.4) is 0 Å². The first-order chi connectivity index (χ1) is 27.6. The molecular formula is C55H47NSe. The van der Waals surface area contributed by atoms with Gasteiger partial charge in [0.25, 0.3) is 0 Å². The molecule has 0 atom stereocenters. The van der Waals surface area contributed by atoms with Crippen LogP contribution in [0, 0.1) is 6.92 Å². The number of allylic oxidation sites excluding steroid dienone is 4. The van der Waals surface area contributed by atoms with Crippen molar-refractivity contribution in [1.82, 2.24) is 4.57 Å². The average molecular weight is 801 g/mol. The molecule has 2 heterocycles. The topological polar surface area (TPSA) is 4.93 Å². The van der Waals surface area contributed by atoms with Gasteiger partial charge in [0.2, 0.25) is 0 Å². The molecular weight excluding hydrogens is 754 g/mol. The molecule has 0 radical (unpaired) electrons. The minimum absolute atomic E-state index is 0.0577. The van der Waals surface area contributed by atoms with Gasteiger partial charge in [-0.2, -0.15) is 0 Å². The van der Waals surface area contributed by atoms with Crippen LogP contribution >= 0.6 is 0 Å². The molecule has 2 aliphatic rings. The summed E-state index contributed by atoms with van der Waals surface area (Å²) in [7, 11) is 0. The van der Waals surface area contributed by atoms with E-state index in [9.17, 15) is 0 Å². The number of nitrogens with zero attached hydrogens (tertiary/aromatic N) is 1. The number of aryl methyl sites for hydroxylation is 1. The zero-order valence-corrected chi connectivity index (χ0v) is 35.1. The van der Waals surface area contributed by atoms with Crippen molar-refractivity contribution in [2.24, 2.45) is 0 Å². The van der Waals surface area contributed by atoms with Crippen molar-refractivity contribution in [3.63, 3.8) is 0 Å². The first kappa shape index (κ1) is 36.7. The fourth-order valence-electron chi connectivity index (χ4n) is 9.01. The van der Waals surface area contributed by atoms with E-state index in [0.29, 0.717) is 0 Å². The molecule has 0 bridgehead atoms. The van der Waals surface area contributed by atoms with Crippen molar-refractivity contribution in [2.75, 3.05) is 0 Å². The molecule has 57 heavy (non-hydrogen) atoms. The number of benzene rings is 7. The molecule has 1 nitrogen and oxygen atoms in total. The Morgan fingerprint density at radius 1 is 0.544 bits per heavy atom. The van der Waals surface area contributed by atoms with Crippen LogP contribution in [0.15, 0.2) is 183 Å². The summed E-state index contributed by atoms with van der Waals surface area (Å²) in [6.45, 7) is 15.5. The number of rotatable bonds is 5. The van der Waals surface area contributed by atoms with E-state index >= 15 is 0 Å². The molecule has 2 heteroatoms. The summed E-state index contributed by atoms with van der Waals surface area (Å²) in [6.07, 6.45) is 8.38. The van der Waals surface area contributed by atoms with Gasteiger partial charge in [0.05, 0.1) is 0 Å². The second kappa shape index (κ2) is 14.5. The molecule has 10 rings (SSSR count). The first-order valence-electron chi connectivity index (χ1n) is 19.9. The predicted octanol–water partition coefficient (Wildman–Crippen LogP) is 12.8. The van der Waals surface area contributed by atoms with Gasteiger partial charge in [0.1, 0.15) is 0 Å². The van der Waals surface area contributed by atoms with Crippen LogP contribution in [-0.4, -0.2) is 19.5 Å². The quantitative estimate of drug-likeness (QED) is 0.121. The Kier molecular flexibility index (Phi) is 9.36. The molecule has 0 N–H and O–H groups in total. The molecule has 1 aromatic heterocycles. The number of fused-ring (bicyclic) bond motifs is 8. The van der Waals surface area contributed by atoms with Crippen LogP contribution in [0.2, 0.25) is 0 Å². The van der Waals surface area contributed by atoms with E-state index in [1.165, 1.54) is 86.4 Å². The fourth-order valence-corrected chi connectivity index (χ4v) is 12.0. The van der Waals surface area contributed by atoms with Crippen LogP contribution < -0.4 is 8.92 Å². The Morgan fingerprint density at radius 2 is 1.16 bits per heavy atom. The van der Waals surface area contributed by atoms with Crippen molar-refractivity contribution in [3.05, 3.63) is 216 Å². The van der Waals surface area contributed by atoms with Gasteiger partial charge in [-0.1, -0.05) is 80.6 Å². The molecule has 0 saturated heterocycles. The summed E-state index contributed by atoms with van der Waals surface area (Å²) in [6, 6.07) is 57.7. The number of hydrogen-bond donors (Lipinski definition) is 0. The molecule has 1 aliphatic heterocycles. The maximum atomic E-state index is 3.97. The molecule has 0 unspecified atom stereocenters. The van der Waals surface area contributed by atoms with E-state index in [-0.39, 0.29) is 25.8 Å². The third-order valence-corrected chi connectivity index (χ3v) is 14.3. The van der Waals surface area contributed by atoms with E-state index in [4.69, 9.17) is 0 Å². The maximum Gasteiger partial charge on any atom is 0.0158 e. The van der Waals surface area contributed by atoms with E-state index in [1.54, 1.807) is 0 Å². The van der Waals surface area contributed by atoms with Crippen molar-refractivity contribution >= 4 is 57.5 Å². The molecule has 7 aromatic carbocycles. The standard InChI is InChI=1S/C40H33NSe.C15H14/c1-5-6-14-29(31-22-27(2)21-30(23-31)28-15-8-7-9-16-28)26-41-36-19-12-10-17-32(36)33-24-39-35(25-37(33)41)40(3,4)34-18-11-13-20-38(34)42-39;1-15(2)13-9-5-3-7-11(13)12-8-4-6-10-14(12)15/h5-26H,1H2,2-4H3;3-10H,1-2H3/b14-6-,29-26+;. The summed E-state index contributed by atoms with van der Waals surface area (Å²) in [5.74, 6) is 0. The van der Waals surface area contributed by atoms with Crippen molar-refractivity contribution in [1.29, 1.82) is 0 Å². The Balaban J connectivity index is 0.000000234. The van der Waals surface area contributed by atoms with E-state index < -0.39 is 0 Å². The van der Waals surface area contributed by atoms with Gasteiger partial charge in [-0.25, -0.2) is 0 Å². The van der Waals surface area contributed by atoms with Gasteiger partial charge in [-0.15, -0.1) is 0 Å². The van der Waals surface area contributed by atoms with E-state index in [2.05, 4.69) is 216 Å². The molecule has 0 spiro atoms. The number of para-hydroxylation sites is 1. The average Bonchev–Trinajstić information content (AvgIpc) is 3.66. The normalized spacial score (nSPS) is 14.7. The van der Waals surface area contributed by atoms with Gasteiger partial charge in [0.15, 0.2) is 0 Å². The van der Waals surface area contributed by atoms with Crippen molar-refractivity contribution in [2.45, 2.75) is 45.4 Å². The summed E-state index contributed by atoms with van der Waals surface area (Å²) in [5, 5.41) is 2.61. The maximum absolute atomic E-state index is 3.97. The van der Waals surface area contributed by atoms with Gasteiger partial charge in [-0.3, -0.25) is 0 Å². The zero-order valence-electron chi connectivity index (χ0n) is 33.4. The summed E-state index contributed by atoms with van der Waals surface area (Å²) >= 11 is 0.280. The number of aromatic nitrogens is 1. The Hall–Kier alpha value is -5.92. The van der Waals surface area contributed by atoms with E-state index in [0.717, 1.165) is 5.57 Å². The van der Waals surface area contributed by atoms with Gasteiger partial charge < -0.3 is 0 Å². The fraction of sp³-hybridized carbons (Fsp3) is 0.127. The van der Waals surface area contributed by atoms with Gasteiger partial charge in [0, 0.05) is 5.41 Å². The molecule has 8 aromatic rings. The summed E-state index contributed by atoms with van der Waals surface area (Å²) < 4.78 is 5.39. The number of hydrogen-bond acceptors (Lipinski definition) is 0. The van der Waals surface area contributed by atoms with E-state index in [1.807, 2.05) is 12.2 Å². The molecule has 1 aliphatic carbocycles. The first-order valence-corrected chi connectivity index (χ1v) is 21.6. The Bertz CT molecular complexity index is 2850. The van der Waals surface area contributed by atoms with Crippen LogP contribution in [0.4, 0.5) is 0 Å². The minimum Gasteiger partial charge on any atom is -0.0619 e. The third-order valence-electron chi connectivity index (χ3n) is 12.0. The Labute approximate surface area is 343 Å². The van der Waals surface area contributed by atoms with Crippen molar-refractivity contribution < 1.29 is 0 Å². The van der Waals surface area contributed by atoms with Crippen LogP contribution in [0.25, 0.3) is 55.8 Å². The van der Waals surface area contributed by atoms with Crippen LogP contribution in [0.5, 0.6) is 0 Å². The zero-order chi connectivity index (χ0) is 39.3. The van der Waals surface area contributed by atoms with Crippen LogP contribution in [-0.2, 0) is 10.8 Å².